The Labute approximate surface area is 85.9 Å². The maximum atomic E-state index is 4.79. The standard InChI is InChI=1S/C13H17N/c1-4-13(3)9-11-7-5-6-8-12(11)10(2)14-13/h5-8H,4,9H2,1-3H3/t13-/m1/s1. The van der Waals surface area contributed by atoms with Crippen LogP contribution in [0, 0.1) is 0 Å². The van der Waals surface area contributed by atoms with Gasteiger partial charge in [0.15, 0.2) is 0 Å². The van der Waals surface area contributed by atoms with Crippen LogP contribution in [0.5, 0.6) is 0 Å². The summed E-state index contributed by atoms with van der Waals surface area (Å²) < 4.78 is 0. The lowest BCUT2D eigenvalue weighted by Gasteiger charge is -2.30. The maximum Gasteiger partial charge on any atom is 0.0621 e. The summed E-state index contributed by atoms with van der Waals surface area (Å²) in [5, 5.41) is 0. The fraction of sp³-hybridized carbons (Fsp3) is 0.462. The van der Waals surface area contributed by atoms with Gasteiger partial charge in [-0.3, -0.25) is 4.99 Å². The predicted octanol–water partition coefficient (Wildman–Crippen LogP) is 3.22. The van der Waals surface area contributed by atoms with E-state index >= 15 is 0 Å². The highest BCUT2D eigenvalue weighted by Crippen LogP contribution is 2.29. The SMILES string of the molecule is CC[C@]1(C)Cc2ccccc2C(C)=N1. The molecule has 1 heterocycles. The second-order valence-corrected chi connectivity index (χ2v) is 4.38. The molecule has 1 aliphatic rings. The van der Waals surface area contributed by atoms with E-state index in [1.54, 1.807) is 0 Å². The third-order valence-corrected chi connectivity index (χ3v) is 3.18. The molecule has 1 atom stereocenters. The van der Waals surface area contributed by atoms with Crippen molar-refractivity contribution in [2.75, 3.05) is 0 Å². The van der Waals surface area contributed by atoms with Crippen LogP contribution in [-0.4, -0.2) is 11.3 Å². The lowest BCUT2D eigenvalue weighted by Crippen LogP contribution is -2.30. The van der Waals surface area contributed by atoms with Crippen molar-refractivity contribution in [1.82, 2.24) is 0 Å². The first kappa shape index (κ1) is 9.45. The van der Waals surface area contributed by atoms with Crippen molar-refractivity contribution in [1.29, 1.82) is 0 Å². The molecule has 0 saturated heterocycles. The molecule has 0 amide bonds. The summed E-state index contributed by atoms with van der Waals surface area (Å²) in [7, 11) is 0. The molecule has 1 heteroatoms. The highest BCUT2D eigenvalue weighted by Gasteiger charge is 2.27. The number of hydrogen-bond acceptors (Lipinski definition) is 1. The Kier molecular flexibility index (Phi) is 2.18. The van der Waals surface area contributed by atoms with Crippen LogP contribution in [0.3, 0.4) is 0 Å². The van der Waals surface area contributed by atoms with Gasteiger partial charge >= 0.3 is 0 Å². The number of aliphatic imine (C=N–C) groups is 1. The van der Waals surface area contributed by atoms with E-state index in [4.69, 9.17) is 4.99 Å². The van der Waals surface area contributed by atoms with Crippen LogP contribution in [0.1, 0.15) is 38.3 Å². The van der Waals surface area contributed by atoms with E-state index in [2.05, 4.69) is 45.0 Å². The summed E-state index contributed by atoms with van der Waals surface area (Å²) in [5.41, 5.74) is 4.09. The van der Waals surface area contributed by atoms with E-state index < -0.39 is 0 Å². The van der Waals surface area contributed by atoms with Crippen molar-refractivity contribution in [2.24, 2.45) is 4.99 Å². The first-order valence-corrected chi connectivity index (χ1v) is 5.29. The Bertz CT molecular complexity index is 379. The Hall–Kier alpha value is -1.11. The molecule has 1 aliphatic heterocycles. The zero-order valence-corrected chi connectivity index (χ0v) is 9.17. The van der Waals surface area contributed by atoms with Gasteiger partial charge in [0.2, 0.25) is 0 Å². The highest BCUT2D eigenvalue weighted by atomic mass is 14.9. The van der Waals surface area contributed by atoms with Crippen molar-refractivity contribution in [3.05, 3.63) is 35.4 Å². The molecular formula is C13H17N. The van der Waals surface area contributed by atoms with Crippen molar-refractivity contribution < 1.29 is 0 Å². The van der Waals surface area contributed by atoms with E-state index in [1.807, 2.05) is 0 Å². The lowest BCUT2D eigenvalue weighted by atomic mass is 9.84. The molecule has 2 rings (SSSR count). The molecule has 0 bridgehead atoms. The molecule has 0 aliphatic carbocycles. The van der Waals surface area contributed by atoms with E-state index in [0.717, 1.165) is 12.8 Å². The predicted molar refractivity (Wildman–Crippen MR) is 61.1 cm³/mol. The first-order chi connectivity index (χ1) is 6.64. The molecule has 0 radical (unpaired) electrons. The Morgan fingerprint density at radius 3 is 2.79 bits per heavy atom. The summed E-state index contributed by atoms with van der Waals surface area (Å²) in [6.07, 6.45) is 2.19. The van der Waals surface area contributed by atoms with Crippen LogP contribution in [0.4, 0.5) is 0 Å². The highest BCUT2D eigenvalue weighted by molar-refractivity contribution is 6.01. The third kappa shape index (κ3) is 1.47. The summed E-state index contributed by atoms with van der Waals surface area (Å²) in [6.45, 7) is 6.57. The summed E-state index contributed by atoms with van der Waals surface area (Å²) in [5.74, 6) is 0. The van der Waals surface area contributed by atoms with Crippen LogP contribution in [-0.2, 0) is 6.42 Å². The van der Waals surface area contributed by atoms with Gasteiger partial charge in [0, 0.05) is 5.71 Å². The summed E-state index contributed by atoms with van der Waals surface area (Å²) in [6, 6.07) is 8.60. The monoisotopic (exact) mass is 187 g/mol. The number of fused-ring (bicyclic) bond motifs is 1. The van der Waals surface area contributed by atoms with Gasteiger partial charge in [-0.25, -0.2) is 0 Å². The fourth-order valence-corrected chi connectivity index (χ4v) is 2.15. The maximum absolute atomic E-state index is 4.79. The summed E-state index contributed by atoms with van der Waals surface area (Å²) >= 11 is 0. The Morgan fingerprint density at radius 1 is 1.36 bits per heavy atom. The minimum absolute atomic E-state index is 0.123. The smallest absolute Gasteiger partial charge is 0.0621 e. The van der Waals surface area contributed by atoms with E-state index in [0.29, 0.717) is 0 Å². The first-order valence-electron chi connectivity index (χ1n) is 5.29. The largest absolute Gasteiger partial charge is 0.283 e. The van der Waals surface area contributed by atoms with Gasteiger partial charge in [0.25, 0.3) is 0 Å². The van der Waals surface area contributed by atoms with Crippen molar-refractivity contribution in [2.45, 2.75) is 39.2 Å². The molecule has 1 nitrogen and oxygen atoms in total. The fourth-order valence-electron chi connectivity index (χ4n) is 2.15. The second-order valence-electron chi connectivity index (χ2n) is 4.38. The van der Waals surface area contributed by atoms with E-state index in [-0.39, 0.29) is 5.54 Å². The van der Waals surface area contributed by atoms with E-state index in [9.17, 15) is 0 Å². The topological polar surface area (TPSA) is 12.4 Å². The molecule has 1 aromatic carbocycles. The quantitative estimate of drug-likeness (QED) is 0.640. The normalized spacial score (nSPS) is 25.5. The molecule has 0 saturated carbocycles. The molecule has 1 aromatic rings. The molecular weight excluding hydrogens is 170 g/mol. The average Bonchev–Trinajstić information content (AvgIpc) is 2.18. The molecule has 0 aromatic heterocycles. The average molecular weight is 187 g/mol. The van der Waals surface area contributed by atoms with Crippen LogP contribution >= 0.6 is 0 Å². The molecule has 0 spiro atoms. The number of hydrogen-bond donors (Lipinski definition) is 0. The molecule has 0 unspecified atom stereocenters. The van der Waals surface area contributed by atoms with Gasteiger partial charge in [-0.2, -0.15) is 0 Å². The minimum atomic E-state index is 0.123. The van der Waals surface area contributed by atoms with Crippen LogP contribution < -0.4 is 0 Å². The molecule has 0 N–H and O–H groups in total. The van der Waals surface area contributed by atoms with Gasteiger partial charge < -0.3 is 0 Å². The van der Waals surface area contributed by atoms with Gasteiger partial charge in [-0.15, -0.1) is 0 Å². The number of nitrogens with zero attached hydrogens (tertiary/aromatic N) is 1. The van der Waals surface area contributed by atoms with Crippen molar-refractivity contribution >= 4 is 5.71 Å². The van der Waals surface area contributed by atoms with Crippen LogP contribution in [0.2, 0.25) is 0 Å². The zero-order valence-electron chi connectivity index (χ0n) is 9.17. The second kappa shape index (κ2) is 3.23. The third-order valence-electron chi connectivity index (χ3n) is 3.18. The number of rotatable bonds is 1. The van der Waals surface area contributed by atoms with Gasteiger partial charge in [-0.1, -0.05) is 31.2 Å². The Balaban J connectivity index is 2.49. The lowest BCUT2D eigenvalue weighted by molar-refractivity contribution is 0.447. The van der Waals surface area contributed by atoms with E-state index in [1.165, 1.54) is 16.8 Å². The van der Waals surface area contributed by atoms with Crippen molar-refractivity contribution in [3.63, 3.8) is 0 Å². The van der Waals surface area contributed by atoms with Gasteiger partial charge in [0.05, 0.1) is 5.54 Å². The molecule has 74 valence electrons. The van der Waals surface area contributed by atoms with Gasteiger partial charge in [0.1, 0.15) is 0 Å². The minimum Gasteiger partial charge on any atom is -0.283 e. The molecule has 14 heavy (non-hydrogen) atoms. The zero-order chi connectivity index (χ0) is 10.2. The van der Waals surface area contributed by atoms with Crippen LogP contribution in [0.15, 0.2) is 29.3 Å². The van der Waals surface area contributed by atoms with Crippen molar-refractivity contribution in [3.8, 4) is 0 Å². The van der Waals surface area contributed by atoms with Crippen LogP contribution in [0.25, 0.3) is 0 Å². The van der Waals surface area contributed by atoms with Gasteiger partial charge in [-0.05, 0) is 37.8 Å². The number of benzene rings is 1. The Morgan fingerprint density at radius 2 is 2.07 bits per heavy atom. The molecule has 0 fully saturated rings. The summed E-state index contributed by atoms with van der Waals surface area (Å²) in [4.78, 5) is 4.79.